The molecule has 3 fully saturated rings. The van der Waals surface area contributed by atoms with Crippen LogP contribution in [0.15, 0.2) is 10.8 Å². The zero-order chi connectivity index (χ0) is 16.0. The third kappa shape index (κ3) is 2.39. The van der Waals surface area contributed by atoms with Crippen LogP contribution < -0.4 is 5.32 Å². The third-order valence-corrected chi connectivity index (χ3v) is 5.65. The van der Waals surface area contributed by atoms with Crippen molar-refractivity contribution in [2.45, 2.75) is 57.8 Å². The van der Waals surface area contributed by atoms with Gasteiger partial charge in [-0.2, -0.15) is 0 Å². The summed E-state index contributed by atoms with van der Waals surface area (Å²) in [7, 11) is 0. The Morgan fingerprint density at radius 2 is 2.04 bits per heavy atom. The number of oxazole rings is 1. The lowest BCUT2D eigenvalue weighted by atomic mass is 9.55. The number of nitrogens with zero attached hydrogens (tertiary/aromatic N) is 1. The maximum absolute atomic E-state index is 12.7. The topological polar surface area (TPSA) is 73.6 Å². The summed E-state index contributed by atoms with van der Waals surface area (Å²) in [5.41, 5.74) is 0.321. The van der Waals surface area contributed by atoms with Crippen molar-refractivity contribution in [2.75, 3.05) is 13.2 Å². The van der Waals surface area contributed by atoms with Crippen LogP contribution in [0.25, 0.3) is 0 Å². The number of hydrogen-bond acceptors (Lipinski definition) is 5. The van der Waals surface area contributed by atoms with Gasteiger partial charge in [0.15, 0.2) is 17.8 Å². The summed E-state index contributed by atoms with van der Waals surface area (Å²) in [6.45, 7) is 5.86. The minimum atomic E-state index is -0.161. The molecule has 1 aliphatic carbocycles. The van der Waals surface area contributed by atoms with E-state index in [1.807, 2.05) is 0 Å². The summed E-state index contributed by atoms with van der Waals surface area (Å²) in [5.74, 6) is 0.806. The highest BCUT2D eigenvalue weighted by molar-refractivity contribution is 5.93. The summed E-state index contributed by atoms with van der Waals surface area (Å²) in [5, 5.41) is 3.18. The Kier molecular flexibility index (Phi) is 3.69. The molecule has 0 spiro atoms. The Morgan fingerprint density at radius 3 is 2.83 bits per heavy atom. The summed E-state index contributed by atoms with van der Waals surface area (Å²) in [4.78, 5) is 16.9. The first-order valence-electron chi connectivity index (χ1n) is 8.56. The lowest BCUT2D eigenvalue weighted by molar-refractivity contribution is -0.189. The minimum absolute atomic E-state index is 0.0471. The first-order chi connectivity index (χ1) is 11.1. The first kappa shape index (κ1) is 15.1. The van der Waals surface area contributed by atoms with E-state index in [0.29, 0.717) is 24.0 Å². The number of aromatic nitrogens is 1. The first-order valence-corrected chi connectivity index (χ1v) is 8.56. The SMILES string of the molecule is CC1(C)[C@H](NC(=O)c2ncoc2[C@@H]2CCCO2)[C@H]2CCCO[C@@H]21. The van der Waals surface area contributed by atoms with Gasteiger partial charge < -0.3 is 19.2 Å². The highest BCUT2D eigenvalue weighted by Crippen LogP contribution is 2.51. The highest BCUT2D eigenvalue weighted by Gasteiger charge is 2.58. The second-order valence-corrected chi connectivity index (χ2v) is 7.44. The maximum Gasteiger partial charge on any atom is 0.273 e. The summed E-state index contributed by atoms with van der Waals surface area (Å²) in [6, 6.07) is 0.120. The van der Waals surface area contributed by atoms with Gasteiger partial charge in [-0.15, -0.1) is 0 Å². The van der Waals surface area contributed by atoms with Gasteiger partial charge in [-0.1, -0.05) is 13.8 Å². The van der Waals surface area contributed by atoms with Gasteiger partial charge in [0.25, 0.3) is 5.91 Å². The van der Waals surface area contributed by atoms with Crippen molar-refractivity contribution in [2.24, 2.45) is 11.3 Å². The van der Waals surface area contributed by atoms with Crippen LogP contribution in [0.5, 0.6) is 0 Å². The quantitative estimate of drug-likeness (QED) is 0.926. The maximum atomic E-state index is 12.7. The Morgan fingerprint density at radius 1 is 1.26 bits per heavy atom. The van der Waals surface area contributed by atoms with Crippen molar-refractivity contribution < 1.29 is 18.7 Å². The highest BCUT2D eigenvalue weighted by atomic mass is 16.5. The molecule has 0 bridgehead atoms. The number of carbonyl (C=O) groups excluding carboxylic acids is 1. The Hall–Kier alpha value is -1.40. The van der Waals surface area contributed by atoms with Crippen molar-refractivity contribution in [1.82, 2.24) is 10.3 Å². The van der Waals surface area contributed by atoms with Crippen LogP contribution in [0, 0.1) is 11.3 Å². The Balaban J connectivity index is 1.49. The van der Waals surface area contributed by atoms with Gasteiger partial charge in [0.1, 0.15) is 6.10 Å². The average Bonchev–Trinajstić information content (AvgIpc) is 3.22. The fourth-order valence-corrected chi connectivity index (χ4v) is 4.46. The Labute approximate surface area is 135 Å². The molecule has 1 amide bonds. The van der Waals surface area contributed by atoms with E-state index in [9.17, 15) is 4.79 Å². The number of fused-ring (bicyclic) bond motifs is 1. The van der Waals surface area contributed by atoms with Crippen molar-refractivity contribution >= 4 is 5.91 Å². The van der Waals surface area contributed by atoms with E-state index in [1.165, 1.54) is 6.39 Å². The normalized spacial score (nSPS) is 35.4. The van der Waals surface area contributed by atoms with Gasteiger partial charge in [-0.25, -0.2) is 4.98 Å². The van der Waals surface area contributed by atoms with E-state index in [2.05, 4.69) is 24.1 Å². The molecule has 1 N–H and O–H groups in total. The molecule has 6 nitrogen and oxygen atoms in total. The molecule has 6 heteroatoms. The lowest BCUT2D eigenvalue weighted by Gasteiger charge is -2.59. The summed E-state index contributed by atoms with van der Waals surface area (Å²) in [6.07, 6.45) is 5.48. The third-order valence-electron chi connectivity index (χ3n) is 5.65. The van der Waals surface area contributed by atoms with Gasteiger partial charge >= 0.3 is 0 Å². The molecule has 23 heavy (non-hydrogen) atoms. The van der Waals surface area contributed by atoms with E-state index in [0.717, 1.165) is 32.3 Å². The average molecular weight is 320 g/mol. The van der Waals surface area contributed by atoms with Crippen LogP contribution >= 0.6 is 0 Å². The molecular formula is C17H24N2O4. The van der Waals surface area contributed by atoms with Crippen LogP contribution in [-0.2, 0) is 9.47 Å². The zero-order valence-electron chi connectivity index (χ0n) is 13.7. The number of carbonyl (C=O) groups is 1. The summed E-state index contributed by atoms with van der Waals surface area (Å²) >= 11 is 0. The standard InChI is InChI=1S/C17H24N2O4/c1-17(2)14(10-5-3-8-22-15(10)17)19-16(20)12-13(23-9-18-12)11-6-4-7-21-11/h9-11,14-15H,3-8H2,1-2H3,(H,19,20)/t10-,11+,14-,15+/m1/s1. The van der Waals surface area contributed by atoms with Crippen molar-refractivity contribution in [3.8, 4) is 0 Å². The predicted molar refractivity (Wildman–Crippen MR) is 81.9 cm³/mol. The molecule has 0 radical (unpaired) electrons. The molecule has 0 aromatic carbocycles. The molecule has 1 aromatic rings. The number of amides is 1. The van der Waals surface area contributed by atoms with Crippen molar-refractivity contribution in [3.05, 3.63) is 17.8 Å². The molecule has 1 saturated carbocycles. The van der Waals surface area contributed by atoms with Crippen molar-refractivity contribution in [1.29, 1.82) is 0 Å². The molecular weight excluding hydrogens is 296 g/mol. The monoisotopic (exact) mass is 320 g/mol. The molecule has 2 aliphatic heterocycles. The van der Waals surface area contributed by atoms with Crippen molar-refractivity contribution in [3.63, 3.8) is 0 Å². The molecule has 3 aliphatic rings. The molecule has 1 aromatic heterocycles. The van der Waals surface area contributed by atoms with Crippen LogP contribution in [0.4, 0.5) is 0 Å². The van der Waals surface area contributed by atoms with Gasteiger partial charge in [0, 0.05) is 30.6 Å². The predicted octanol–water partition coefficient (Wildman–Crippen LogP) is 2.46. The molecule has 126 valence electrons. The largest absolute Gasteiger partial charge is 0.445 e. The summed E-state index contributed by atoms with van der Waals surface area (Å²) < 4.78 is 17.0. The van der Waals surface area contributed by atoms with E-state index in [-0.39, 0.29) is 29.6 Å². The number of ether oxygens (including phenoxy) is 2. The fraction of sp³-hybridized carbons (Fsp3) is 0.765. The van der Waals surface area contributed by atoms with E-state index >= 15 is 0 Å². The molecule has 2 saturated heterocycles. The second-order valence-electron chi connectivity index (χ2n) is 7.44. The molecule has 4 rings (SSSR count). The minimum Gasteiger partial charge on any atom is -0.445 e. The second kappa shape index (κ2) is 5.60. The smallest absolute Gasteiger partial charge is 0.273 e. The molecule has 0 unspecified atom stereocenters. The number of nitrogens with one attached hydrogen (secondary N) is 1. The van der Waals surface area contributed by atoms with Crippen LogP contribution in [0.3, 0.4) is 0 Å². The number of hydrogen-bond donors (Lipinski definition) is 1. The Bertz CT molecular complexity index is 591. The van der Waals surface area contributed by atoms with E-state index < -0.39 is 0 Å². The fourth-order valence-electron chi connectivity index (χ4n) is 4.46. The number of rotatable bonds is 3. The van der Waals surface area contributed by atoms with E-state index in [4.69, 9.17) is 13.9 Å². The van der Waals surface area contributed by atoms with Gasteiger partial charge in [0.2, 0.25) is 0 Å². The molecule has 4 atom stereocenters. The zero-order valence-corrected chi connectivity index (χ0v) is 13.7. The lowest BCUT2D eigenvalue weighted by Crippen LogP contribution is -2.70. The molecule has 3 heterocycles. The van der Waals surface area contributed by atoms with E-state index in [1.54, 1.807) is 0 Å². The van der Waals surface area contributed by atoms with Gasteiger partial charge in [-0.3, -0.25) is 4.79 Å². The van der Waals surface area contributed by atoms with Crippen LogP contribution in [0.2, 0.25) is 0 Å². The van der Waals surface area contributed by atoms with Gasteiger partial charge in [-0.05, 0) is 25.7 Å². The van der Waals surface area contributed by atoms with Crippen LogP contribution in [-0.4, -0.2) is 36.3 Å². The van der Waals surface area contributed by atoms with Gasteiger partial charge in [0.05, 0.1) is 6.10 Å². The van der Waals surface area contributed by atoms with Crippen LogP contribution in [0.1, 0.15) is 61.9 Å².